The average Bonchev–Trinajstić information content (AvgIpc) is 3.05. The Morgan fingerprint density at radius 2 is 1.96 bits per heavy atom. The van der Waals surface area contributed by atoms with Gasteiger partial charge in [0.1, 0.15) is 11.5 Å². The highest BCUT2D eigenvalue weighted by atomic mass is 127. The van der Waals surface area contributed by atoms with Gasteiger partial charge in [0.05, 0.1) is 19.3 Å². The van der Waals surface area contributed by atoms with Crippen LogP contribution < -0.4 is 15.4 Å². The van der Waals surface area contributed by atoms with E-state index < -0.39 is 0 Å². The van der Waals surface area contributed by atoms with Crippen LogP contribution in [-0.4, -0.2) is 24.6 Å². The zero-order chi connectivity index (χ0) is 18.3. The number of aliphatic imine (C=N–C) groups is 1. The first kappa shape index (κ1) is 22.3. The van der Waals surface area contributed by atoms with E-state index in [1.165, 1.54) is 0 Å². The molecule has 26 heavy (non-hydrogen) atoms. The van der Waals surface area contributed by atoms with Crippen molar-refractivity contribution in [3.05, 3.63) is 47.7 Å². The van der Waals surface area contributed by atoms with Crippen LogP contribution in [0.3, 0.4) is 0 Å². The molecule has 2 rings (SSSR count). The fraction of sp³-hybridized carbons (Fsp3) is 0.474. The number of aromatic nitrogens is 1. The summed E-state index contributed by atoms with van der Waals surface area (Å²) in [6.07, 6.45) is 1.78. The van der Waals surface area contributed by atoms with Gasteiger partial charge < -0.3 is 19.8 Å². The van der Waals surface area contributed by atoms with Crippen LogP contribution in [0.1, 0.15) is 44.9 Å². The number of rotatable bonds is 6. The quantitative estimate of drug-likeness (QED) is 0.380. The normalized spacial score (nSPS) is 11.7. The van der Waals surface area contributed by atoms with E-state index in [9.17, 15) is 0 Å². The first-order valence-electron chi connectivity index (χ1n) is 8.54. The Balaban J connectivity index is 0.00000338. The van der Waals surface area contributed by atoms with Gasteiger partial charge in [-0.3, -0.25) is 4.99 Å². The van der Waals surface area contributed by atoms with Gasteiger partial charge in [0.15, 0.2) is 5.96 Å². The highest BCUT2D eigenvalue weighted by Gasteiger charge is 2.19. The molecule has 0 aliphatic carbocycles. The maximum Gasteiger partial charge on any atom is 0.213 e. The summed E-state index contributed by atoms with van der Waals surface area (Å²) in [5, 5.41) is 6.49. The molecule has 2 N–H and O–H groups in total. The Kier molecular flexibility index (Phi) is 8.91. The predicted molar refractivity (Wildman–Crippen MR) is 115 cm³/mol. The summed E-state index contributed by atoms with van der Waals surface area (Å²) < 4.78 is 11.3. The molecule has 0 amide bonds. The number of ether oxygens (including phenoxy) is 1. The molecule has 0 aliphatic heterocycles. The Morgan fingerprint density at radius 1 is 1.23 bits per heavy atom. The molecule has 0 aliphatic rings. The summed E-state index contributed by atoms with van der Waals surface area (Å²) in [6.45, 7) is 10.1. The van der Waals surface area contributed by atoms with Crippen molar-refractivity contribution in [3.8, 4) is 5.75 Å². The molecule has 1 aromatic carbocycles. The number of guanidine groups is 1. The molecule has 0 bridgehead atoms. The second kappa shape index (κ2) is 10.4. The summed E-state index contributed by atoms with van der Waals surface area (Å²) in [5.74, 6) is 3.09. The van der Waals surface area contributed by atoms with Crippen molar-refractivity contribution in [2.24, 2.45) is 4.99 Å². The number of oxazole rings is 1. The van der Waals surface area contributed by atoms with E-state index >= 15 is 0 Å². The molecule has 0 saturated heterocycles. The maximum absolute atomic E-state index is 5.78. The zero-order valence-corrected chi connectivity index (χ0v) is 18.5. The highest BCUT2D eigenvalue weighted by Crippen LogP contribution is 2.22. The Morgan fingerprint density at radius 3 is 2.58 bits per heavy atom. The third kappa shape index (κ3) is 6.86. The van der Waals surface area contributed by atoms with E-state index in [-0.39, 0.29) is 29.4 Å². The Bertz CT molecular complexity index is 708. The molecule has 144 valence electrons. The standard InChI is InChI=1S/C19H28N4O2.HI/c1-6-24-15-9-7-8-14(10-15)11-22-18(20-5)23-13-17-21-12-16(25-17)19(2,3)4;/h7-10,12H,6,11,13H2,1-5H3,(H2,20,22,23);1H. The predicted octanol–water partition coefficient (Wildman–Crippen LogP) is 3.85. The first-order valence-corrected chi connectivity index (χ1v) is 8.54. The molecule has 7 heteroatoms. The number of hydrogen-bond donors (Lipinski definition) is 2. The van der Waals surface area contributed by atoms with Crippen molar-refractivity contribution in [1.29, 1.82) is 0 Å². The lowest BCUT2D eigenvalue weighted by Crippen LogP contribution is -2.36. The lowest BCUT2D eigenvalue weighted by atomic mass is 9.94. The zero-order valence-electron chi connectivity index (χ0n) is 16.1. The van der Waals surface area contributed by atoms with E-state index in [2.05, 4.69) is 41.4 Å². The average molecular weight is 472 g/mol. The molecular weight excluding hydrogens is 443 g/mol. The van der Waals surface area contributed by atoms with Crippen LogP contribution in [0.5, 0.6) is 5.75 Å². The number of benzene rings is 1. The summed E-state index contributed by atoms with van der Waals surface area (Å²) in [5.41, 5.74) is 1.08. The number of nitrogens with one attached hydrogen (secondary N) is 2. The summed E-state index contributed by atoms with van der Waals surface area (Å²) in [7, 11) is 1.74. The molecule has 1 heterocycles. The molecule has 0 saturated carbocycles. The minimum atomic E-state index is -0.0449. The summed E-state index contributed by atoms with van der Waals surface area (Å²) in [4.78, 5) is 8.54. The van der Waals surface area contributed by atoms with Crippen LogP contribution in [-0.2, 0) is 18.5 Å². The molecule has 0 spiro atoms. The maximum atomic E-state index is 5.78. The molecular formula is C19H29IN4O2. The third-order valence-electron chi connectivity index (χ3n) is 3.59. The molecule has 1 aromatic heterocycles. The molecule has 2 aromatic rings. The van der Waals surface area contributed by atoms with Gasteiger partial charge in [-0.15, -0.1) is 24.0 Å². The van der Waals surface area contributed by atoms with E-state index in [0.29, 0.717) is 31.5 Å². The monoisotopic (exact) mass is 472 g/mol. The second-order valence-corrected chi connectivity index (χ2v) is 6.73. The molecule has 0 unspecified atom stereocenters. The van der Waals surface area contributed by atoms with Gasteiger partial charge in [0, 0.05) is 19.0 Å². The highest BCUT2D eigenvalue weighted by molar-refractivity contribution is 14.0. The van der Waals surface area contributed by atoms with Crippen LogP contribution in [0, 0.1) is 0 Å². The van der Waals surface area contributed by atoms with E-state index in [4.69, 9.17) is 9.15 Å². The van der Waals surface area contributed by atoms with Crippen LogP contribution >= 0.6 is 24.0 Å². The second-order valence-electron chi connectivity index (χ2n) is 6.73. The van der Waals surface area contributed by atoms with Crippen molar-refractivity contribution in [1.82, 2.24) is 15.6 Å². The minimum Gasteiger partial charge on any atom is -0.494 e. The van der Waals surface area contributed by atoms with Gasteiger partial charge in [0.25, 0.3) is 0 Å². The van der Waals surface area contributed by atoms with Gasteiger partial charge in [-0.25, -0.2) is 4.98 Å². The van der Waals surface area contributed by atoms with Crippen LogP contribution in [0.15, 0.2) is 39.9 Å². The van der Waals surface area contributed by atoms with Gasteiger partial charge in [-0.05, 0) is 24.6 Å². The Hall–Kier alpha value is -1.77. The summed E-state index contributed by atoms with van der Waals surface area (Å²) in [6, 6.07) is 8.01. The SMILES string of the molecule is CCOc1cccc(CNC(=NC)NCc2ncc(C(C)(C)C)o2)c1.I. The molecule has 6 nitrogen and oxygen atoms in total. The Labute approximate surface area is 172 Å². The van der Waals surface area contributed by atoms with Crippen LogP contribution in [0.2, 0.25) is 0 Å². The van der Waals surface area contributed by atoms with Crippen molar-refractivity contribution in [3.63, 3.8) is 0 Å². The summed E-state index contributed by atoms with van der Waals surface area (Å²) >= 11 is 0. The fourth-order valence-electron chi connectivity index (χ4n) is 2.22. The van der Waals surface area contributed by atoms with Gasteiger partial charge in [-0.1, -0.05) is 32.9 Å². The molecule has 0 fully saturated rings. The van der Waals surface area contributed by atoms with Crippen molar-refractivity contribution < 1.29 is 9.15 Å². The van der Waals surface area contributed by atoms with Gasteiger partial charge in [0.2, 0.25) is 5.89 Å². The van der Waals surface area contributed by atoms with Gasteiger partial charge >= 0.3 is 0 Å². The molecule has 0 radical (unpaired) electrons. The lowest BCUT2D eigenvalue weighted by Gasteiger charge is -2.13. The number of halogens is 1. The van der Waals surface area contributed by atoms with Crippen LogP contribution in [0.4, 0.5) is 0 Å². The topological polar surface area (TPSA) is 71.7 Å². The minimum absolute atomic E-state index is 0. The third-order valence-corrected chi connectivity index (χ3v) is 3.59. The van der Waals surface area contributed by atoms with E-state index in [1.807, 2.05) is 31.2 Å². The van der Waals surface area contributed by atoms with Crippen molar-refractivity contribution >= 4 is 29.9 Å². The van der Waals surface area contributed by atoms with Crippen molar-refractivity contribution in [2.75, 3.05) is 13.7 Å². The lowest BCUT2D eigenvalue weighted by molar-refractivity contribution is 0.340. The largest absolute Gasteiger partial charge is 0.494 e. The van der Waals surface area contributed by atoms with Crippen molar-refractivity contribution in [2.45, 2.75) is 46.2 Å². The van der Waals surface area contributed by atoms with E-state index in [1.54, 1.807) is 13.2 Å². The van der Waals surface area contributed by atoms with Crippen LogP contribution in [0.25, 0.3) is 0 Å². The fourth-order valence-corrected chi connectivity index (χ4v) is 2.22. The number of nitrogens with zero attached hydrogens (tertiary/aromatic N) is 2. The number of hydrogen-bond acceptors (Lipinski definition) is 4. The van der Waals surface area contributed by atoms with Gasteiger partial charge in [-0.2, -0.15) is 0 Å². The first-order chi connectivity index (χ1) is 11.9. The smallest absolute Gasteiger partial charge is 0.213 e. The molecule has 0 atom stereocenters. The van der Waals surface area contributed by atoms with E-state index in [0.717, 1.165) is 17.1 Å².